The van der Waals surface area contributed by atoms with Gasteiger partial charge in [-0.05, 0) is 31.5 Å². The zero-order chi connectivity index (χ0) is 18.0. The third-order valence-corrected chi connectivity index (χ3v) is 4.06. The molecule has 0 saturated heterocycles. The van der Waals surface area contributed by atoms with Gasteiger partial charge in [-0.3, -0.25) is 9.48 Å². The molecule has 1 N–H and O–H groups in total. The van der Waals surface area contributed by atoms with Gasteiger partial charge in [-0.25, -0.2) is 4.79 Å². The molecule has 1 aromatic carbocycles. The first-order valence-corrected chi connectivity index (χ1v) is 7.95. The molecular formula is C18H19N3O4. The van der Waals surface area contributed by atoms with Gasteiger partial charge >= 0.3 is 5.63 Å². The largest absolute Gasteiger partial charge is 0.497 e. The lowest BCUT2D eigenvalue weighted by atomic mass is 10.0. The summed E-state index contributed by atoms with van der Waals surface area (Å²) in [7, 11) is 1.55. The Labute approximate surface area is 144 Å². The number of methoxy groups -OCH3 is 1. The van der Waals surface area contributed by atoms with Crippen molar-refractivity contribution in [2.24, 2.45) is 0 Å². The number of aromatic nitrogens is 2. The van der Waals surface area contributed by atoms with E-state index < -0.39 is 5.63 Å². The van der Waals surface area contributed by atoms with Crippen LogP contribution in [0, 0.1) is 6.92 Å². The number of carbonyl (C=O) groups is 1. The topological polar surface area (TPSA) is 86.4 Å². The van der Waals surface area contributed by atoms with Crippen LogP contribution in [0.2, 0.25) is 0 Å². The molecule has 1 amide bonds. The number of rotatable bonds is 5. The Balaban J connectivity index is 1.87. The average Bonchev–Trinajstić information content (AvgIpc) is 3.05. The van der Waals surface area contributed by atoms with E-state index in [4.69, 9.17) is 9.15 Å². The van der Waals surface area contributed by atoms with Crippen LogP contribution < -0.4 is 15.7 Å². The number of fused-ring (bicyclic) bond motifs is 1. The summed E-state index contributed by atoms with van der Waals surface area (Å²) in [6.45, 7) is 4.48. The lowest BCUT2D eigenvalue weighted by Gasteiger charge is -2.08. The monoisotopic (exact) mass is 341 g/mol. The van der Waals surface area contributed by atoms with Gasteiger partial charge in [0, 0.05) is 30.3 Å². The first-order chi connectivity index (χ1) is 12.0. The van der Waals surface area contributed by atoms with Crippen LogP contribution >= 0.6 is 0 Å². The van der Waals surface area contributed by atoms with Gasteiger partial charge in [0.2, 0.25) is 5.91 Å². The summed E-state index contributed by atoms with van der Waals surface area (Å²) in [6, 6.07) is 6.97. The second-order valence-electron chi connectivity index (χ2n) is 5.64. The highest BCUT2D eigenvalue weighted by molar-refractivity contribution is 5.92. The standard InChI is InChI=1S/C18H19N3O4/c1-4-21-8-7-16(20-21)19-17(22)10-14-11(2)13-6-5-12(24-3)9-15(13)25-18(14)23/h5-9H,4,10H2,1-3H3,(H,19,20,22). The van der Waals surface area contributed by atoms with Crippen LogP contribution in [0.3, 0.4) is 0 Å². The fraction of sp³-hybridized carbons (Fsp3) is 0.278. The number of carbonyl (C=O) groups excluding carboxylic acids is 1. The number of aryl methyl sites for hydroxylation is 2. The summed E-state index contributed by atoms with van der Waals surface area (Å²) in [5.74, 6) is 0.746. The summed E-state index contributed by atoms with van der Waals surface area (Å²) >= 11 is 0. The fourth-order valence-corrected chi connectivity index (χ4v) is 2.66. The zero-order valence-corrected chi connectivity index (χ0v) is 14.3. The number of nitrogens with one attached hydrogen (secondary N) is 1. The molecule has 0 aliphatic heterocycles. The third kappa shape index (κ3) is 3.40. The van der Waals surface area contributed by atoms with Crippen LogP contribution in [0.4, 0.5) is 5.82 Å². The molecule has 0 atom stereocenters. The summed E-state index contributed by atoms with van der Waals surface area (Å²) in [4.78, 5) is 24.5. The predicted molar refractivity (Wildman–Crippen MR) is 94.0 cm³/mol. The first-order valence-electron chi connectivity index (χ1n) is 7.95. The van der Waals surface area contributed by atoms with Gasteiger partial charge in [-0.2, -0.15) is 5.10 Å². The smallest absolute Gasteiger partial charge is 0.340 e. The third-order valence-electron chi connectivity index (χ3n) is 4.06. The van der Waals surface area contributed by atoms with Crippen molar-refractivity contribution < 1.29 is 13.9 Å². The maximum Gasteiger partial charge on any atom is 0.340 e. The van der Waals surface area contributed by atoms with Gasteiger partial charge in [0.1, 0.15) is 11.3 Å². The number of anilines is 1. The lowest BCUT2D eigenvalue weighted by Crippen LogP contribution is -2.21. The molecule has 2 heterocycles. The molecule has 25 heavy (non-hydrogen) atoms. The van der Waals surface area contributed by atoms with Gasteiger partial charge < -0.3 is 14.5 Å². The van der Waals surface area contributed by atoms with Crippen LogP contribution in [0.1, 0.15) is 18.1 Å². The van der Waals surface area contributed by atoms with E-state index in [-0.39, 0.29) is 12.3 Å². The van der Waals surface area contributed by atoms with Crippen molar-refractivity contribution >= 4 is 22.7 Å². The van der Waals surface area contributed by atoms with E-state index >= 15 is 0 Å². The average molecular weight is 341 g/mol. The number of hydrogen-bond acceptors (Lipinski definition) is 5. The van der Waals surface area contributed by atoms with Gasteiger partial charge in [0.15, 0.2) is 5.82 Å². The highest BCUT2D eigenvalue weighted by Crippen LogP contribution is 2.24. The number of benzene rings is 1. The van der Waals surface area contributed by atoms with Crippen LogP contribution in [-0.2, 0) is 17.8 Å². The number of amides is 1. The zero-order valence-electron chi connectivity index (χ0n) is 14.3. The Morgan fingerprint density at radius 2 is 2.16 bits per heavy atom. The minimum absolute atomic E-state index is 0.0743. The maximum atomic E-state index is 12.3. The SMILES string of the molecule is CCn1ccc(NC(=O)Cc2c(C)c3ccc(OC)cc3oc2=O)n1. The van der Waals surface area contributed by atoms with Crippen LogP contribution in [-0.4, -0.2) is 22.8 Å². The number of hydrogen-bond donors (Lipinski definition) is 1. The quantitative estimate of drug-likeness (QED) is 0.721. The van der Waals surface area contributed by atoms with E-state index in [1.807, 2.05) is 13.0 Å². The van der Waals surface area contributed by atoms with Gasteiger partial charge in [0.25, 0.3) is 0 Å². The van der Waals surface area contributed by atoms with Crippen molar-refractivity contribution in [3.05, 3.63) is 52.0 Å². The van der Waals surface area contributed by atoms with E-state index in [0.29, 0.717) is 29.3 Å². The molecule has 7 nitrogen and oxygen atoms in total. The molecule has 2 aromatic heterocycles. The molecule has 3 aromatic rings. The molecule has 0 spiro atoms. The molecule has 0 fully saturated rings. The minimum atomic E-state index is -0.521. The Bertz CT molecular complexity index is 988. The maximum absolute atomic E-state index is 12.3. The summed E-state index contributed by atoms with van der Waals surface area (Å²) < 4.78 is 12.2. The number of ether oxygens (including phenoxy) is 1. The molecule has 0 saturated carbocycles. The van der Waals surface area contributed by atoms with E-state index in [9.17, 15) is 9.59 Å². The summed E-state index contributed by atoms with van der Waals surface area (Å²) in [5.41, 5.74) is 0.980. The van der Waals surface area contributed by atoms with Crippen molar-refractivity contribution in [3.63, 3.8) is 0 Å². The lowest BCUT2D eigenvalue weighted by molar-refractivity contribution is -0.115. The fourth-order valence-electron chi connectivity index (χ4n) is 2.66. The van der Waals surface area contributed by atoms with Crippen molar-refractivity contribution in [2.75, 3.05) is 12.4 Å². The Kier molecular flexibility index (Phi) is 4.56. The van der Waals surface area contributed by atoms with Crippen molar-refractivity contribution in [1.29, 1.82) is 0 Å². The summed E-state index contributed by atoms with van der Waals surface area (Å²) in [6.07, 6.45) is 1.70. The van der Waals surface area contributed by atoms with Gasteiger partial charge in [-0.15, -0.1) is 0 Å². The van der Waals surface area contributed by atoms with E-state index in [1.54, 1.807) is 43.1 Å². The van der Waals surface area contributed by atoms with E-state index in [0.717, 1.165) is 10.9 Å². The number of nitrogens with zero attached hydrogens (tertiary/aromatic N) is 2. The van der Waals surface area contributed by atoms with Crippen molar-refractivity contribution in [1.82, 2.24) is 9.78 Å². The molecule has 0 radical (unpaired) electrons. The molecule has 0 aliphatic rings. The highest BCUT2D eigenvalue weighted by Gasteiger charge is 2.16. The van der Waals surface area contributed by atoms with Gasteiger partial charge in [-0.1, -0.05) is 0 Å². The van der Waals surface area contributed by atoms with Gasteiger partial charge in [0.05, 0.1) is 19.1 Å². The highest BCUT2D eigenvalue weighted by atomic mass is 16.5. The molecule has 0 aliphatic carbocycles. The van der Waals surface area contributed by atoms with Crippen LogP contribution in [0.5, 0.6) is 5.75 Å². The Hall–Kier alpha value is -3.09. The Morgan fingerprint density at radius 1 is 1.36 bits per heavy atom. The second-order valence-corrected chi connectivity index (χ2v) is 5.64. The minimum Gasteiger partial charge on any atom is -0.497 e. The van der Waals surface area contributed by atoms with Crippen molar-refractivity contribution in [3.8, 4) is 5.75 Å². The summed E-state index contributed by atoms with van der Waals surface area (Å²) in [5, 5.41) is 7.66. The predicted octanol–water partition coefficient (Wildman–Crippen LogP) is 2.51. The molecule has 7 heteroatoms. The molecule has 0 bridgehead atoms. The molecule has 0 unspecified atom stereocenters. The Morgan fingerprint density at radius 3 is 2.84 bits per heavy atom. The van der Waals surface area contributed by atoms with Crippen molar-refractivity contribution in [2.45, 2.75) is 26.8 Å². The van der Waals surface area contributed by atoms with E-state index in [2.05, 4.69) is 10.4 Å². The molecule has 130 valence electrons. The molecular weight excluding hydrogens is 322 g/mol. The molecule has 3 rings (SSSR count). The normalized spacial score (nSPS) is 10.8. The first kappa shape index (κ1) is 16.8. The van der Waals surface area contributed by atoms with Crippen LogP contribution in [0.15, 0.2) is 39.7 Å². The van der Waals surface area contributed by atoms with E-state index in [1.165, 1.54) is 0 Å². The van der Waals surface area contributed by atoms with Crippen LogP contribution in [0.25, 0.3) is 11.0 Å². The second kappa shape index (κ2) is 6.80.